The smallest absolute Gasteiger partial charge is 0.0326 e. The molecule has 2 aliphatic rings. The maximum absolute atomic E-state index is 3.84. The summed E-state index contributed by atoms with van der Waals surface area (Å²) in [7, 11) is 0. The molecule has 0 aromatic heterocycles. The third-order valence-electron chi connectivity index (χ3n) is 4.65. The van der Waals surface area contributed by atoms with Gasteiger partial charge in [-0.3, -0.25) is 0 Å². The summed E-state index contributed by atoms with van der Waals surface area (Å²) in [5.74, 6) is 0.886. The van der Waals surface area contributed by atoms with E-state index in [0.717, 1.165) is 12.0 Å². The Kier molecular flexibility index (Phi) is 2.55. The van der Waals surface area contributed by atoms with Crippen LogP contribution in [0.25, 0.3) is 0 Å². The SMILES string of the molecule is CC1CC1NC1CCC(C)(C)c2ccccc21. The fraction of sp³-hybridized carbons (Fsp3) is 0.625. The molecule has 0 bridgehead atoms. The largest absolute Gasteiger partial charge is 0.307 e. The second-order valence-electron chi connectivity index (χ2n) is 6.55. The van der Waals surface area contributed by atoms with Gasteiger partial charge in [0.25, 0.3) is 0 Å². The monoisotopic (exact) mass is 229 g/mol. The van der Waals surface area contributed by atoms with Gasteiger partial charge in [0.05, 0.1) is 0 Å². The first-order valence-corrected chi connectivity index (χ1v) is 6.93. The molecule has 0 radical (unpaired) electrons. The van der Waals surface area contributed by atoms with Crippen LogP contribution in [-0.2, 0) is 5.41 Å². The predicted octanol–water partition coefficient (Wildman–Crippen LogP) is 3.80. The van der Waals surface area contributed by atoms with Crippen molar-refractivity contribution in [2.75, 3.05) is 0 Å². The van der Waals surface area contributed by atoms with Crippen LogP contribution in [0.4, 0.5) is 0 Å². The highest BCUT2D eigenvalue weighted by Crippen LogP contribution is 2.43. The quantitative estimate of drug-likeness (QED) is 0.813. The van der Waals surface area contributed by atoms with Crippen molar-refractivity contribution in [1.82, 2.24) is 5.32 Å². The molecule has 1 aromatic rings. The summed E-state index contributed by atoms with van der Waals surface area (Å²) in [6, 6.07) is 10.4. The first-order valence-electron chi connectivity index (χ1n) is 6.93. The van der Waals surface area contributed by atoms with Crippen LogP contribution in [0.1, 0.15) is 57.2 Å². The molecular weight excluding hydrogens is 206 g/mol. The Hall–Kier alpha value is -0.820. The van der Waals surface area contributed by atoms with Crippen LogP contribution >= 0.6 is 0 Å². The summed E-state index contributed by atoms with van der Waals surface area (Å²) in [6.45, 7) is 7.10. The fourth-order valence-corrected chi connectivity index (χ4v) is 3.20. The molecule has 1 saturated carbocycles. The molecule has 92 valence electrons. The highest BCUT2D eigenvalue weighted by atomic mass is 15.0. The van der Waals surface area contributed by atoms with Crippen molar-refractivity contribution < 1.29 is 0 Å². The molecule has 1 heteroatoms. The van der Waals surface area contributed by atoms with Gasteiger partial charge in [-0.1, -0.05) is 45.0 Å². The third-order valence-corrected chi connectivity index (χ3v) is 4.65. The Morgan fingerprint density at radius 3 is 2.65 bits per heavy atom. The highest BCUT2D eigenvalue weighted by Gasteiger charge is 2.38. The molecule has 3 atom stereocenters. The lowest BCUT2D eigenvalue weighted by molar-refractivity contribution is 0.354. The van der Waals surface area contributed by atoms with Crippen LogP contribution in [0.15, 0.2) is 24.3 Å². The van der Waals surface area contributed by atoms with E-state index in [-0.39, 0.29) is 0 Å². The molecule has 0 spiro atoms. The third kappa shape index (κ3) is 2.01. The van der Waals surface area contributed by atoms with Crippen LogP contribution in [0, 0.1) is 5.92 Å². The van der Waals surface area contributed by atoms with Crippen molar-refractivity contribution in [3.63, 3.8) is 0 Å². The van der Waals surface area contributed by atoms with E-state index < -0.39 is 0 Å². The van der Waals surface area contributed by atoms with Crippen LogP contribution in [0.5, 0.6) is 0 Å². The van der Waals surface area contributed by atoms with Crippen molar-refractivity contribution in [2.24, 2.45) is 5.92 Å². The topological polar surface area (TPSA) is 12.0 Å². The average molecular weight is 229 g/mol. The second kappa shape index (κ2) is 3.84. The van der Waals surface area contributed by atoms with Crippen LogP contribution in [0.3, 0.4) is 0 Å². The molecule has 0 aliphatic heterocycles. The number of rotatable bonds is 2. The molecule has 1 fully saturated rings. The minimum Gasteiger partial charge on any atom is -0.307 e. The maximum atomic E-state index is 3.84. The Balaban J connectivity index is 1.88. The van der Waals surface area contributed by atoms with E-state index in [1.807, 2.05) is 0 Å². The Morgan fingerprint density at radius 1 is 1.24 bits per heavy atom. The standard InChI is InChI=1S/C16H23N/c1-11-10-15(11)17-14-8-9-16(2,3)13-7-5-4-6-12(13)14/h4-7,11,14-15,17H,8-10H2,1-3H3. The molecule has 1 aromatic carbocycles. The van der Waals surface area contributed by atoms with E-state index in [0.29, 0.717) is 11.5 Å². The van der Waals surface area contributed by atoms with E-state index in [2.05, 4.69) is 50.4 Å². The Labute approximate surface area is 105 Å². The van der Waals surface area contributed by atoms with E-state index in [9.17, 15) is 0 Å². The molecule has 3 rings (SSSR count). The van der Waals surface area contributed by atoms with E-state index in [1.54, 1.807) is 11.1 Å². The molecule has 3 unspecified atom stereocenters. The van der Waals surface area contributed by atoms with Crippen molar-refractivity contribution in [3.05, 3.63) is 35.4 Å². The van der Waals surface area contributed by atoms with Crippen molar-refractivity contribution in [1.29, 1.82) is 0 Å². The zero-order chi connectivity index (χ0) is 12.0. The lowest BCUT2D eigenvalue weighted by Crippen LogP contribution is -2.34. The summed E-state index contributed by atoms with van der Waals surface area (Å²) in [5.41, 5.74) is 3.45. The first kappa shape index (κ1) is 11.3. The van der Waals surface area contributed by atoms with Crippen molar-refractivity contribution in [2.45, 2.75) is 57.5 Å². The molecule has 1 N–H and O–H groups in total. The maximum Gasteiger partial charge on any atom is 0.0326 e. The minimum atomic E-state index is 0.351. The Bertz CT molecular complexity index is 421. The number of nitrogens with one attached hydrogen (secondary N) is 1. The van der Waals surface area contributed by atoms with Gasteiger partial charge in [0.15, 0.2) is 0 Å². The number of hydrogen-bond acceptors (Lipinski definition) is 1. The van der Waals surface area contributed by atoms with E-state index in [4.69, 9.17) is 0 Å². The van der Waals surface area contributed by atoms with Gasteiger partial charge < -0.3 is 5.32 Å². The van der Waals surface area contributed by atoms with Gasteiger partial charge >= 0.3 is 0 Å². The second-order valence-corrected chi connectivity index (χ2v) is 6.55. The Morgan fingerprint density at radius 2 is 1.94 bits per heavy atom. The predicted molar refractivity (Wildman–Crippen MR) is 72.1 cm³/mol. The lowest BCUT2D eigenvalue weighted by atomic mass is 9.71. The molecule has 0 saturated heterocycles. The van der Waals surface area contributed by atoms with Gasteiger partial charge in [-0.2, -0.15) is 0 Å². The summed E-state index contributed by atoms with van der Waals surface area (Å²) < 4.78 is 0. The van der Waals surface area contributed by atoms with Crippen LogP contribution < -0.4 is 5.32 Å². The van der Waals surface area contributed by atoms with Crippen LogP contribution in [0.2, 0.25) is 0 Å². The molecule has 1 nitrogen and oxygen atoms in total. The fourth-order valence-electron chi connectivity index (χ4n) is 3.20. The molecule has 0 amide bonds. The number of fused-ring (bicyclic) bond motifs is 1. The highest BCUT2D eigenvalue weighted by molar-refractivity contribution is 5.38. The van der Waals surface area contributed by atoms with Crippen molar-refractivity contribution >= 4 is 0 Å². The normalized spacial score (nSPS) is 34.2. The van der Waals surface area contributed by atoms with Gasteiger partial charge in [0, 0.05) is 12.1 Å². The molecule has 0 heterocycles. The minimum absolute atomic E-state index is 0.351. The van der Waals surface area contributed by atoms with Gasteiger partial charge in [-0.05, 0) is 41.7 Å². The zero-order valence-corrected chi connectivity index (χ0v) is 11.2. The van der Waals surface area contributed by atoms with Gasteiger partial charge in [0.1, 0.15) is 0 Å². The zero-order valence-electron chi connectivity index (χ0n) is 11.2. The van der Waals surface area contributed by atoms with Gasteiger partial charge in [-0.25, -0.2) is 0 Å². The molecule has 17 heavy (non-hydrogen) atoms. The molecule has 2 aliphatic carbocycles. The summed E-state index contributed by atoms with van der Waals surface area (Å²) in [4.78, 5) is 0. The lowest BCUT2D eigenvalue weighted by Gasteiger charge is -2.37. The number of benzene rings is 1. The van der Waals surface area contributed by atoms with E-state index in [1.165, 1.54) is 19.3 Å². The van der Waals surface area contributed by atoms with Gasteiger partial charge in [0.2, 0.25) is 0 Å². The average Bonchev–Trinajstić information content (AvgIpc) is 2.99. The van der Waals surface area contributed by atoms with Crippen molar-refractivity contribution in [3.8, 4) is 0 Å². The summed E-state index contributed by atoms with van der Waals surface area (Å²) in [6.07, 6.45) is 3.94. The first-order chi connectivity index (χ1) is 8.08. The van der Waals surface area contributed by atoms with Gasteiger partial charge in [-0.15, -0.1) is 0 Å². The van der Waals surface area contributed by atoms with Crippen LogP contribution in [-0.4, -0.2) is 6.04 Å². The molecular formula is C16H23N. The summed E-state index contributed by atoms with van der Waals surface area (Å²) >= 11 is 0. The summed E-state index contributed by atoms with van der Waals surface area (Å²) in [5, 5.41) is 3.84. The number of hydrogen-bond donors (Lipinski definition) is 1. The van der Waals surface area contributed by atoms with E-state index >= 15 is 0 Å².